The monoisotopic (exact) mass is 306 g/mol. The zero-order valence-corrected chi connectivity index (χ0v) is 13.0. The molecule has 1 aliphatic rings. The van der Waals surface area contributed by atoms with Crippen molar-refractivity contribution >= 4 is 23.2 Å². The number of rotatable bonds is 4. The first-order chi connectivity index (χ1) is 9.81. The van der Waals surface area contributed by atoms with Crippen LogP contribution in [0.2, 0.25) is 0 Å². The number of fused-ring (bicyclic) bond motifs is 1. The number of benzene rings is 2. The van der Waals surface area contributed by atoms with Crippen molar-refractivity contribution in [1.82, 2.24) is 4.90 Å². The molecule has 1 aliphatic heterocycles. The number of hydrogen-bond donors (Lipinski definition) is 1. The van der Waals surface area contributed by atoms with Crippen LogP contribution in [0.4, 0.5) is 0 Å². The van der Waals surface area contributed by atoms with E-state index in [1.165, 1.54) is 17.2 Å². The van der Waals surface area contributed by atoms with Gasteiger partial charge in [0, 0.05) is 19.1 Å². The smallest absolute Gasteiger partial charge is 0.120 e. The molecule has 21 heavy (non-hydrogen) atoms. The van der Waals surface area contributed by atoms with Gasteiger partial charge in [0.2, 0.25) is 0 Å². The number of halogens is 1. The molecule has 2 aromatic carbocycles. The second kappa shape index (κ2) is 7.64. The predicted octanol–water partition coefficient (Wildman–Crippen LogP) is 3.06. The molecule has 1 heterocycles. The van der Waals surface area contributed by atoms with Crippen molar-refractivity contribution in [3.05, 3.63) is 42.5 Å². The third kappa shape index (κ3) is 4.34. The van der Waals surface area contributed by atoms with Crippen LogP contribution >= 0.6 is 12.4 Å². The predicted molar refractivity (Wildman–Crippen MR) is 90.3 cm³/mol. The molecule has 0 aliphatic carbocycles. The molecule has 0 radical (unpaired) electrons. The minimum atomic E-state index is 0. The topological polar surface area (TPSA) is 38.5 Å². The highest BCUT2D eigenvalue weighted by atomic mass is 35.5. The van der Waals surface area contributed by atoms with Crippen LogP contribution in [0.5, 0.6) is 5.75 Å². The molecule has 2 aromatic rings. The van der Waals surface area contributed by atoms with Gasteiger partial charge in [0.1, 0.15) is 12.4 Å². The summed E-state index contributed by atoms with van der Waals surface area (Å²) in [6.07, 6.45) is 2.36. The van der Waals surface area contributed by atoms with Crippen LogP contribution < -0.4 is 10.5 Å². The van der Waals surface area contributed by atoms with Crippen molar-refractivity contribution in [3.63, 3.8) is 0 Å². The molecule has 3 rings (SSSR count). The van der Waals surface area contributed by atoms with Gasteiger partial charge >= 0.3 is 0 Å². The van der Waals surface area contributed by atoms with Crippen molar-refractivity contribution in [2.45, 2.75) is 18.9 Å². The Bertz CT molecular complexity index is 575. The zero-order chi connectivity index (χ0) is 13.8. The summed E-state index contributed by atoms with van der Waals surface area (Å²) < 4.78 is 5.87. The van der Waals surface area contributed by atoms with Crippen LogP contribution in [0.3, 0.4) is 0 Å². The van der Waals surface area contributed by atoms with Crippen LogP contribution in [0.1, 0.15) is 12.8 Å². The van der Waals surface area contributed by atoms with E-state index in [-0.39, 0.29) is 12.4 Å². The Morgan fingerprint density at radius 2 is 1.95 bits per heavy atom. The molecule has 1 saturated heterocycles. The Morgan fingerprint density at radius 1 is 1.14 bits per heavy atom. The second-order valence-corrected chi connectivity index (χ2v) is 5.56. The summed E-state index contributed by atoms with van der Waals surface area (Å²) in [7, 11) is 0. The van der Waals surface area contributed by atoms with Crippen molar-refractivity contribution < 1.29 is 4.74 Å². The van der Waals surface area contributed by atoms with E-state index in [9.17, 15) is 0 Å². The lowest BCUT2D eigenvalue weighted by molar-refractivity contribution is 0.171. The number of hydrogen-bond acceptors (Lipinski definition) is 3. The van der Waals surface area contributed by atoms with Gasteiger partial charge in [0.25, 0.3) is 0 Å². The molecule has 114 valence electrons. The van der Waals surface area contributed by atoms with Gasteiger partial charge < -0.3 is 10.5 Å². The van der Waals surface area contributed by atoms with E-state index in [4.69, 9.17) is 10.5 Å². The minimum Gasteiger partial charge on any atom is -0.492 e. The summed E-state index contributed by atoms with van der Waals surface area (Å²) in [4.78, 5) is 2.40. The lowest BCUT2D eigenvalue weighted by Gasteiger charge is -2.30. The van der Waals surface area contributed by atoms with Gasteiger partial charge in [-0.3, -0.25) is 4.90 Å². The van der Waals surface area contributed by atoms with Gasteiger partial charge in [0.15, 0.2) is 0 Å². The van der Waals surface area contributed by atoms with E-state index in [1.807, 2.05) is 6.07 Å². The summed E-state index contributed by atoms with van der Waals surface area (Å²) >= 11 is 0. The van der Waals surface area contributed by atoms with Gasteiger partial charge in [-0.05, 0) is 42.3 Å². The van der Waals surface area contributed by atoms with Crippen molar-refractivity contribution in [1.29, 1.82) is 0 Å². The molecule has 1 fully saturated rings. The maximum atomic E-state index is 5.99. The maximum Gasteiger partial charge on any atom is 0.120 e. The summed E-state index contributed by atoms with van der Waals surface area (Å²) in [5, 5.41) is 2.48. The summed E-state index contributed by atoms with van der Waals surface area (Å²) in [5.41, 5.74) is 5.99. The van der Waals surface area contributed by atoms with Crippen LogP contribution in [0.25, 0.3) is 10.8 Å². The highest BCUT2D eigenvalue weighted by Gasteiger charge is 2.15. The lowest BCUT2D eigenvalue weighted by atomic mass is 10.1. The van der Waals surface area contributed by atoms with E-state index in [1.54, 1.807) is 0 Å². The fourth-order valence-corrected chi connectivity index (χ4v) is 2.84. The third-order valence-electron chi connectivity index (χ3n) is 3.94. The Hall–Kier alpha value is -1.29. The fourth-order valence-electron chi connectivity index (χ4n) is 2.84. The molecule has 0 aromatic heterocycles. The third-order valence-corrected chi connectivity index (χ3v) is 3.94. The first kappa shape index (κ1) is 16.1. The molecule has 1 atom stereocenters. The molecule has 1 unspecified atom stereocenters. The molecule has 0 amide bonds. The Labute approximate surface area is 132 Å². The zero-order valence-electron chi connectivity index (χ0n) is 12.2. The van der Waals surface area contributed by atoms with Gasteiger partial charge in [0.05, 0.1) is 0 Å². The van der Waals surface area contributed by atoms with Gasteiger partial charge in [-0.1, -0.05) is 30.3 Å². The molecule has 4 heteroatoms. The Kier molecular flexibility index (Phi) is 5.85. The average molecular weight is 307 g/mol. The first-order valence-electron chi connectivity index (χ1n) is 7.41. The largest absolute Gasteiger partial charge is 0.492 e. The average Bonchev–Trinajstić information content (AvgIpc) is 2.47. The number of nitrogens with zero attached hydrogens (tertiary/aromatic N) is 1. The summed E-state index contributed by atoms with van der Waals surface area (Å²) in [6, 6.07) is 15.0. The molecule has 3 nitrogen and oxygen atoms in total. The van der Waals surface area contributed by atoms with E-state index >= 15 is 0 Å². The number of piperidine rings is 1. The highest BCUT2D eigenvalue weighted by Crippen LogP contribution is 2.20. The first-order valence-corrected chi connectivity index (χ1v) is 7.41. The number of likely N-dealkylation sites (tertiary alicyclic amines) is 1. The van der Waals surface area contributed by atoms with Crippen LogP contribution in [0.15, 0.2) is 42.5 Å². The Morgan fingerprint density at radius 3 is 2.76 bits per heavy atom. The SMILES string of the molecule is Cl.NC1CCCN(CCOc2ccc3ccccc3c2)C1. The van der Waals surface area contributed by atoms with Gasteiger partial charge in [-0.2, -0.15) is 0 Å². The second-order valence-electron chi connectivity index (χ2n) is 5.56. The van der Waals surface area contributed by atoms with Crippen LogP contribution in [-0.2, 0) is 0 Å². The normalized spacial score (nSPS) is 19.2. The fraction of sp³-hybridized carbons (Fsp3) is 0.412. The van der Waals surface area contributed by atoms with Crippen molar-refractivity contribution in [2.24, 2.45) is 5.73 Å². The number of ether oxygens (including phenoxy) is 1. The van der Waals surface area contributed by atoms with Crippen molar-refractivity contribution in [2.75, 3.05) is 26.2 Å². The quantitative estimate of drug-likeness (QED) is 0.943. The van der Waals surface area contributed by atoms with Crippen LogP contribution in [-0.4, -0.2) is 37.2 Å². The van der Waals surface area contributed by atoms with Gasteiger partial charge in [-0.15, -0.1) is 12.4 Å². The minimum absolute atomic E-state index is 0. The molecule has 2 N–H and O–H groups in total. The van der Waals surface area contributed by atoms with E-state index < -0.39 is 0 Å². The van der Waals surface area contributed by atoms with E-state index in [0.717, 1.165) is 38.4 Å². The van der Waals surface area contributed by atoms with E-state index in [0.29, 0.717) is 6.04 Å². The van der Waals surface area contributed by atoms with Crippen molar-refractivity contribution in [3.8, 4) is 5.75 Å². The number of nitrogens with two attached hydrogens (primary N) is 1. The van der Waals surface area contributed by atoms with Crippen LogP contribution in [0, 0.1) is 0 Å². The standard InChI is InChI=1S/C17H22N2O.ClH/c18-16-6-3-9-19(13-16)10-11-20-17-8-7-14-4-1-2-5-15(14)12-17;/h1-2,4-5,7-8,12,16H,3,6,9-11,13,18H2;1H. The molecule has 0 spiro atoms. The molecular weight excluding hydrogens is 284 g/mol. The Balaban J connectivity index is 0.00000161. The lowest BCUT2D eigenvalue weighted by Crippen LogP contribution is -2.44. The van der Waals surface area contributed by atoms with E-state index in [2.05, 4.69) is 41.3 Å². The maximum absolute atomic E-state index is 5.99. The summed E-state index contributed by atoms with van der Waals surface area (Å²) in [5.74, 6) is 0.949. The summed E-state index contributed by atoms with van der Waals surface area (Å²) in [6.45, 7) is 3.83. The molecular formula is C17H23ClN2O. The van der Waals surface area contributed by atoms with Gasteiger partial charge in [-0.25, -0.2) is 0 Å². The molecule has 0 bridgehead atoms. The highest BCUT2D eigenvalue weighted by molar-refractivity contribution is 5.85. The molecule has 0 saturated carbocycles.